The second kappa shape index (κ2) is 11.2. The maximum Gasteiger partial charge on any atom is 0.229 e. The minimum absolute atomic E-state index is 0.222. The zero-order valence-corrected chi connectivity index (χ0v) is 25.7. The van der Waals surface area contributed by atoms with E-state index in [0.29, 0.717) is 16.5 Å². The van der Waals surface area contributed by atoms with Crippen molar-refractivity contribution in [3.63, 3.8) is 0 Å². The van der Waals surface area contributed by atoms with Crippen molar-refractivity contribution < 1.29 is 13.2 Å². The van der Waals surface area contributed by atoms with Gasteiger partial charge in [0.1, 0.15) is 5.75 Å². The summed E-state index contributed by atoms with van der Waals surface area (Å²) in [7, 11) is -1.97. The molecule has 41 heavy (non-hydrogen) atoms. The van der Waals surface area contributed by atoms with Crippen LogP contribution in [0.15, 0.2) is 66.9 Å². The average Bonchev–Trinajstić information content (AvgIpc) is 3.43. The van der Waals surface area contributed by atoms with E-state index in [1.54, 1.807) is 12.3 Å². The van der Waals surface area contributed by atoms with Crippen molar-refractivity contribution in [1.29, 1.82) is 0 Å². The van der Waals surface area contributed by atoms with Crippen LogP contribution in [0, 0.1) is 20.8 Å². The molecule has 2 unspecified atom stereocenters. The van der Waals surface area contributed by atoms with Crippen molar-refractivity contribution in [2.24, 2.45) is 0 Å². The lowest BCUT2D eigenvalue weighted by atomic mass is 9.96. The first-order valence-electron chi connectivity index (χ1n) is 13.5. The van der Waals surface area contributed by atoms with Crippen molar-refractivity contribution in [2.45, 2.75) is 46.2 Å². The Morgan fingerprint density at radius 2 is 1.85 bits per heavy atom. The third-order valence-electron chi connectivity index (χ3n) is 7.57. The van der Waals surface area contributed by atoms with Crippen LogP contribution in [0.5, 0.6) is 5.75 Å². The van der Waals surface area contributed by atoms with Gasteiger partial charge >= 0.3 is 0 Å². The number of sulfonamides is 1. The number of pyridine rings is 1. The molecular weight excluding hydrogens is 555 g/mol. The smallest absolute Gasteiger partial charge is 0.229 e. The maximum absolute atomic E-state index is 11.9. The summed E-state index contributed by atoms with van der Waals surface area (Å²) >= 11 is 5.94. The number of nitrogens with one attached hydrogen (secondary N) is 2. The van der Waals surface area contributed by atoms with E-state index in [-0.39, 0.29) is 12.1 Å². The Morgan fingerprint density at radius 1 is 1.07 bits per heavy atom. The molecule has 2 aromatic carbocycles. The van der Waals surface area contributed by atoms with Crippen LogP contribution in [0.4, 0.5) is 11.4 Å². The number of thiocarbonyl (C=S) groups is 1. The molecule has 0 amide bonds. The highest BCUT2D eigenvalue weighted by Crippen LogP contribution is 2.45. The largest absolute Gasteiger partial charge is 0.494 e. The Labute approximate surface area is 247 Å². The van der Waals surface area contributed by atoms with Crippen LogP contribution < -0.4 is 19.7 Å². The number of rotatable bonds is 8. The van der Waals surface area contributed by atoms with Gasteiger partial charge < -0.3 is 19.5 Å². The van der Waals surface area contributed by atoms with Gasteiger partial charge in [-0.25, -0.2) is 8.42 Å². The van der Waals surface area contributed by atoms with Gasteiger partial charge in [0.2, 0.25) is 10.0 Å². The van der Waals surface area contributed by atoms with E-state index < -0.39 is 10.0 Å². The molecule has 0 bridgehead atoms. The number of benzene rings is 2. The molecule has 2 atom stereocenters. The molecule has 0 radical (unpaired) electrons. The monoisotopic (exact) mass is 589 g/mol. The lowest BCUT2D eigenvalue weighted by Gasteiger charge is -2.29. The number of nitrogens with zero attached hydrogens (tertiary/aromatic N) is 3. The first kappa shape index (κ1) is 28.6. The summed E-state index contributed by atoms with van der Waals surface area (Å²) in [5.74, 6) is 0.397. The number of ether oxygens (including phenoxy) is 1. The summed E-state index contributed by atoms with van der Waals surface area (Å²) in [6.45, 7) is 8.63. The highest BCUT2D eigenvalue weighted by atomic mass is 32.2. The van der Waals surface area contributed by atoms with Crippen molar-refractivity contribution in [3.8, 4) is 11.4 Å². The number of anilines is 2. The van der Waals surface area contributed by atoms with E-state index in [1.807, 2.05) is 30.3 Å². The van der Waals surface area contributed by atoms with Crippen molar-refractivity contribution in [2.75, 3.05) is 23.0 Å². The molecule has 4 aromatic rings. The van der Waals surface area contributed by atoms with Crippen molar-refractivity contribution >= 4 is 38.7 Å². The molecular formula is C31H35N5O3S2. The van der Waals surface area contributed by atoms with E-state index in [1.165, 1.54) is 23.9 Å². The van der Waals surface area contributed by atoms with E-state index in [9.17, 15) is 8.42 Å². The Bertz CT molecular complexity index is 1720. The van der Waals surface area contributed by atoms with Crippen LogP contribution in [-0.2, 0) is 16.4 Å². The summed E-state index contributed by atoms with van der Waals surface area (Å²) in [6, 6.07) is 19.5. The summed E-state index contributed by atoms with van der Waals surface area (Å²) in [6.07, 6.45) is 3.83. The molecule has 1 saturated heterocycles. The van der Waals surface area contributed by atoms with E-state index in [2.05, 4.69) is 76.5 Å². The van der Waals surface area contributed by atoms with Gasteiger partial charge in [0.15, 0.2) is 5.11 Å². The molecule has 0 aliphatic carbocycles. The molecule has 0 spiro atoms. The van der Waals surface area contributed by atoms with Gasteiger partial charge in [-0.2, -0.15) is 0 Å². The predicted molar refractivity (Wildman–Crippen MR) is 169 cm³/mol. The van der Waals surface area contributed by atoms with Gasteiger partial charge in [0, 0.05) is 29.3 Å². The minimum atomic E-state index is -3.49. The van der Waals surface area contributed by atoms with Gasteiger partial charge in [-0.1, -0.05) is 31.2 Å². The molecule has 8 nitrogen and oxygen atoms in total. The highest BCUT2D eigenvalue weighted by Gasteiger charge is 2.42. The Hall–Kier alpha value is -3.89. The Morgan fingerprint density at radius 3 is 2.51 bits per heavy atom. The van der Waals surface area contributed by atoms with E-state index in [4.69, 9.17) is 17.0 Å². The molecule has 1 fully saturated rings. The topological polar surface area (TPSA) is 88.5 Å². The number of hydrogen-bond donors (Lipinski definition) is 2. The molecule has 3 heterocycles. The second-order valence-electron chi connectivity index (χ2n) is 10.4. The number of hydrogen-bond acceptors (Lipinski definition) is 5. The second-order valence-corrected chi connectivity index (χ2v) is 12.5. The average molecular weight is 590 g/mol. The Balaban J connectivity index is 1.69. The maximum atomic E-state index is 11.9. The summed E-state index contributed by atoms with van der Waals surface area (Å²) in [4.78, 5) is 6.76. The molecule has 2 aromatic heterocycles. The summed E-state index contributed by atoms with van der Waals surface area (Å²) < 4.78 is 34.3. The predicted octanol–water partition coefficient (Wildman–Crippen LogP) is 5.92. The normalized spacial score (nSPS) is 17.0. The van der Waals surface area contributed by atoms with Gasteiger partial charge in [0.05, 0.1) is 42.5 Å². The first-order chi connectivity index (χ1) is 19.5. The lowest BCUT2D eigenvalue weighted by Crippen LogP contribution is -2.29. The van der Waals surface area contributed by atoms with E-state index >= 15 is 0 Å². The standard InChI is InChI=1S/C31H35N5O3S2/c1-7-22-12-10-11-19(2)29(22)35-20(3)17-24(21(35)4)30-28(26-13-8-9-16-32-26)33-31(40)36(30)23-14-15-25(27(18-23)39-5)34-41(6,37)38/h8-18,28,30,34H,7H2,1-6H3,(H,33,40). The third-order valence-corrected chi connectivity index (χ3v) is 8.48. The molecule has 1 aliphatic rings. The highest BCUT2D eigenvalue weighted by molar-refractivity contribution is 7.92. The van der Waals surface area contributed by atoms with Crippen LogP contribution in [0.2, 0.25) is 0 Å². The van der Waals surface area contributed by atoms with Gasteiger partial charge in [-0.15, -0.1) is 0 Å². The fourth-order valence-corrected chi connectivity index (χ4v) is 6.73. The number of methoxy groups -OCH3 is 1. The van der Waals surface area contributed by atoms with Crippen LogP contribution in [-0.4, -0.2) is 36.4 Å². The zero-order chi connectivity index (χ0) is 29.5. The van der Waals surface area contributed by atoms with Gasteiger partial charge in [-0.05, 0) is 86.4 Å². The molecule has 0 saturated carbocycles. The summed E-state index contributed by atoms with van der Waals surface area (Å²) in [5.41, 5.74) is 9.10. The zero-order valence-electron chi connectivity index (χ0n) is 24.1. The number of para-hydroxylation sites is 1. The first-order valence-corrected chi connectivity index (χ1v) is 15.8. The SMILES string of the molecule is CCc1cccc(C)c1-n1c(C)cc(C2C(c3ccccn3)NC(=S)N2c2ccc(NS(C)(=O)=O)c(OC)c2)c1C. The Kier molecular flexibility index (Phi) is 7.80. The van der Waals surface area contributed by atoms with Crippen LogP contribution in [0.1, 0.15) is 52.8 Å². The van der Waals surface area contributed by atoms with Crippen LogP contribution in [0.25, 0.3) is 5.69 Å². The molecule has 10 heteroatoms. The van der Waals surface area contributed by atoms with Gasteiger partial charge in [0.25, 0.3) is 0 Å². The fraction of sp³-hybridized carbons (Fsp3) is 0.290. The molecule has 5 rings (SSSR count). The quantitative estimate of drug-likeness (QED) is 0.247. The van der Waals surface area contributed by atoms with Crippen molar-refractivity contribution in [3.05, 3.63) is 101 Å². The van der Waals surface area contributed by atoms with Crippen molar-refractivity contribution in [1.82, 2.24) is 14.9 Å². The molecule has 214 valence electrons. The van der Waals surface area contributed by atoms with Gasteiger partial charge in [-0.3, -0.25) is 9.71 Å². The van der Waals surface area contributed by atoms with Crippen LogP contribution >= 0.6 is 12.2 Å². The van der Waals surface area contributed by atoms with Crippen LogP contribution in [0.3, 0.4) is 0 Å². The minimum Gasteiger partial charge on any atom is -0.494 e. The number of aryl methyl sites for hydroxylation is 3. The third kappa shape index (κ3) is 5.41. The number of aromatic nitrogens is 2. The van der Waals surface area contributed by atoms with E-state index in [0.717, 1.165) is 41.0 Å². The summed E-state index contributed by atoms with van der Waals surface area (Å²) in [5, 5.41) is 4.07. The molecule has 2 N–H and O–H groups in total. The fourth-order valence-electron chi connectivity index (χ4n) is 5.82. The lowest BCUT2D eigenvalue weighted by molar-refractivity contribution is 0.417. The molecule has 1 aliphatic heterocycles.